The Balaban J connectivity index is 0.000000221. The highest BCUT2D eigenvalue weighted by Gasteiger charge is 1.91. The topological polar surface area (TPSA) is 111 Å². The Morgan fingerprint density at radius 1 is 0.650 bits per heavy atom. The van der Waals surface area contributed by atoms with Gasteiger partial charge in [-0.25, -0.2) is 9.59 Å². The molecule has 20 heavy (non-hydrogen) atoms. The van der Waals surface area contributed by atoms with Gasteiger partial charge in [0, 0.05) is 0 Å². The zero-order chi connectivity index (χ0) is 14.8. The monoisotopic (exact) mass is 270 g/mol. The van der Waals surface area contributed by atoms with Crippen molar-refractivity contribution in [2.75, 3.05) is 0 Å². The minimum absolute atomic E-state index is 1.04. The zero-order valence-corrected chi connectivity index (χ0v) is 10.6. The molecule has 6 heteroatoms. The second-order valence-electron chi connectivity index (χ2n) is 3.61. The van der Waals surface area contributed by atoms with Crippen molar-refractivity contribution in [3.05, 3.63) is 60.7 Å². The van der Waals surface area contributed by atoms with Crippen molar-refractivity contribution < 1.29 is 9.59 Å². The maximum absolute atomic E-state index is 9.66. The predicted octanol–water partition coefficient (Wildman–Crippen LogP) is 2.95. The summed E-state index contributed by atoms with van der Waals surface area (Å²) in [5.74, 6) is 0. The van der Waals surface area contributed by atoms with Crippen LogP contribution in [0.3, 0.4) is 0 Å². The molecule has 0 aliphatic carbocycles. The number of carbonyl (C=O) groups is 2. The lowest BCUT2D eigenvalue weighted by Crippen LogP contribution is -2.07. The number of nitrogens with zero attached hydrogens (tertiary/aromatic N) is 2. The van der Waals surface area contributed by atoms with E-state index in [0.29, 0.717) is 0 Å². The molecule has 0 aliphatic rings. The summed E-state index contributed by atoms with van der Waals surface area (Å²) in [6.07, 6.45) is 0. The largest absolute Gasteiger partial charge is 0.357 e. The molecule has 0 radical (unpaired) electrons. The summed E-state index contributed by atoms with van der Waals surface area (Å²) in [7, 11) is 0. The summed E-state index contributed by atoms with van der Waals surface area (Å²) in [4.78, 5) is 19.3. The fourth-order valence-corrected chi connectivity index (χ4v) is 1.36. The van der Waals surface area contributed by atoms with Gasteiger partial charge in [-0.15, -0.1) is 0 Å². The van der Waals surface area contributed by atoms with Gasteiger partial charge in [-0.3, -0.25) is 0 Å². The third-order valence-electron chi connectivity index (χ3n) is 2.13. The van der Waals surface area contributed by atoms with Crippen LogP contribution in [0.15, 0.2) is 70.9 Å². The van der Waals surface area contributed by atoms with E-state index >= 15 is 0 Å². The molecule has 6 nitrogen and oxygen atoms in total. The van der Waals surface area contributed by atoms with E-state index in [1.807, 2.05) is 12.1 Å². The van der Waals surface area contributed by atoms with E-state index < -0.39 is 12.1 Å². The molecule has 0 unspecified atom stereocenters. The van der Waals surface area contributed by atoms with E-state index in [4.69, 9.17) is 0 Å². The lowest BCUT2D eigenvalue weighted by molar-refractivity contribution is 0.249. The highest BCUT2D eigenvalue weighted by atomic mass is 16.2. The van der Waals surface area contributed by atoms with Gasteiger partial charge in [0.2, 0.25) is 0 Å². The molecule has 2 aromatic rings. The van der Waals surface area contributed by atoms with Crippen LogP contribution in [0.2, 0.25) is 0 Å². The number of azo groups is 1. The lowest BCUT2D eigenvalue weighted by atomic mass is 10.1. The molecule has 0 aromatic heterocycles. The Kier molecular flexibility index (Phi) is 6.13. The molecule has 0 aliphatic heterocycles. The number of benzene rings is 2. The van der Waals surface area contributed by atoms with E-state index in [0.717, 1.165) is 0 Å². The second kappa shape index (κ2) is 8.15. The molecule has 2 rings (SSSR count). The Morgan fingerprint density at radius 2 is 0.950 bits per heavy atom. The van der Waals surface area contributed by atoms with Gasteiger partial charge in [0.1, 0.15) is 0 Å². The van der Waals surface area contributed by atoms with Gasteiger partial charge in [-0.05, 0) is 11.1 Å². The van der Waals surface area contributed by atoms with Crippen molar-refractivity contribution in [2.24, 2.45) is 21.7 Å². The van der Waals surface area contributed by atoms with Crippen molar-refractivity contribution in [3.8, 4) is 11.1 Å². The molecule has 0 saturated heterocycles. The zero-order valence-electron chi connectivity index (χ0n) is 10.6. The maximum Gasteiger partial charge on any atom is 0.357 e. The molecular weight excluding hydrogens is 256 g/mol. The van der Waals surface area contributed by atoms with E-state index in [1.165, 1.54) is 11.1 Å². The predicted molar refractivity (Wildman–Crippen MR) is 75.9 cm³/mol. The van der Waals surface area contributed by atoms with Crippen LogP contribution in [0.25, 0.3) is 11.1 Å². The molecule has 4 amide bonds. The summed E-state index contributed by atoms with van der Waals surface area (Å²) in [5, 5.41) is 5.23. The fourth-order valence-electron chi connectivity index (χ4n) is 1.36. The normalized spacial score (nSPS) is 9.60. The van der Waals surface area contributed by atoms with Gasteiger partial charge in [0.25, 0.3) is 0 Å². The van der Waals surface area contributed by atoms with E-state index in [-0.39, 0.29) is 0 Å². The smallest absolute Gasteiger partial charge is 0.348 e. The van der Waals surface area contributed by atoms with Gasteiger partial charge in [0.05, 0.1) is 0 Å². The number of carbonyl (C=O) groups excluding carboxylic acids is 2. The molecule has 2 aromatic carbocycles. The first-order valence-electron chi connectivity index (χ1n) is 5.70. The number of primary amides is 2. The van der Waals surface area contributed by atoms with Crippen LogP contribution in [0, 0.1) is 0 Å². The number of rotatable bonds is 1. The summed E-state index contributed by atoms with van der Waals surface area (Å²) < 4.78 is 0. The third kappa shape index (κ3) is 6.06. The number of amides is 4. The van der Waals surface area contributed by atoms with Gasteiger partial charge in [-0.2, -0.15) is 0 Å². The first-order valence-corrected chi connectivity index (χ1v) is 5.70. The fraction of sp³-hybridized carbons (Fsp3) is 0. The first-order chi connectivity index (χ1) is 9.59. The average Bonchev–Trinajstić information content (AvgIpc) is 2.48. The van der Waals surface area contributed by atoms with E-state index in [1.54, 1.807) is 0 Å². The number of urea groups is 2. The number of hydrogen-bond donors (Lipinski definition) is 2. The highest BCUT2D eigenvalue weighted by molar-refractivity contribution is 5.77. The maximum atomic E-state index is 9.66. The van der Waals surface area contributed by atoms with Crippen LogP contribution in [0.5, 0.6) is 0 Å². The third-order valence-corrected chi connectivity index (χ3v) is 2.13. The first kappa shape index (κ1) is 15.0. The summed E-state index contributed by atoms with van der Waals surface area (Å²) in [6, 6.07) is 18.7. The Hall–Kier alpha value is -3.02. The Morgan fingerprint density at radius 3 is 1.20 bits per heavy atom. The molecule has 0 fully saturated rings. The van der Waals surface area contributed by atoms with E-state index in [2.05, 4.69) is 70.2 Å². The lowest BCUT2D eigenvalue weighted by Gasteiger charge is -1.98. The SMILES string of the molecule is NC(=O)/N=N/C(N)=O.c1ccc(-c2ccccc2)cc1. The van der Waals surface area contributed by atoms with Crippen molar-refractivity contribution in [1.29, 1.82) is 0 Å². The molecule has 0 spiro atoms. The second-order valence-corrected chi connectivity index (χ2v) is 3.61. The molecule has 102 valence electrons. The quantitative estimate of drug-likeness (QED) is 0.776. The van der Waals surface area contributed by atoms with Crippen LogP contribution in [0.4, 0.5) is 9.59 Å². The minimum Gasteiger partial charge on any atom is -0.348 e. The minimum atomic E-state index is -1.04. The summed E-state index contributed by atoms with van der Waals surface area (Å²) >= 11 is 0. The van der Waals surface area contributed by atoms with Gasteiger partial charge in [-0.1, -0.05) is 70.9 Å². The van der Waals surface area contributed by atoms with Crippen molar-refractivity contribution in [3.63, 3.8) is 0 Å². The molecule has 0 heterocycles. The highest BCUT2D eigenvalue weighted by Crippen LogP contribution is 2.17. The molecule has 0 atom stereocenters. The standard InChI is InChI=1S/C12H10.C2H4N4O2/c1-3-7-11(8-4-1)12-9-5-2-6-10-12;3-1(7)5-6-2(4)8/h1-10H;(H2,3,7)(H2,4,8)/b;6-5+. The molecule has 0 saturated carbocycles. The van der Waals surface area contributed by atoms with Crippen LogP contribution in [-0.4, -0.2) is 12.1 Å². The molecule has 4 N–H and O–H groups in total. The van der Waals surface area contributed by atoms with E-state index in [9.17, 15) is 9.59 Å². The van der Waals surface area contributed by atoms with Crippen molar-refractivity contribution >= 4 is 12.1 Å². The number of nitrogens with two attached hydrogens (primary N) is 2. The van der Waals surface area contributed by atoms with Crippen molar-refractivity contribution in [2.45, 2.75) is 0 Å². The van der Waals surface area contributed by atoms with Crippen LogP contribution >= 0.6 is 0 Å². The average molecular weight is 270 g/mol. The van der Waals surface area contributed by atoms with Gasteiger partial charge >= 0.3 is 12.1 Å². The summed E-state index contributed by atoms with van der Waals surface area (Å²) in [6.45, 7) is 0. The molecule has 0 bridgehead atoms. The Bertz CT molecular complexity index is 529. The number of hydrogen-bond acceptors (Lipinski definition) is 2. The van der Waals surface area contributed by atoms with Crippen LogP contribution in [0.1, 0.15) is 0 Å². The molecular formula is C14H14N4O2. The van der Waals surface area contributed by atoms with Gasteiger partial charge in [0.15, 0.2) is 0 Å². The van der Waals surface area contributed by atoms with Crippen LogP contribution < -0.4 is 11.5 Å². The van der Waals surface area contributed by atoms with Crippen LogP contribution in [-0.2, 0) is 0 Å². The Labute approximate surface area is 116 Å². The summed E-state index contributed by atoms with van der Waals surface area (Å²) in [5.41, 5.74) is 11.4. The van der Waals surface area contributed by atoms with Crippen molar-refractivity contribution in [1.82, 2.24) is 0 Å². The van der Waals surface area contributed by atoms with Gasteiger partial charge < -0.3 is 11.5 Å².